The van der Waals surface area contributed by atoms with Crippen LogP contribution in [-0.4, -0.2) is 9.55 Å². The van der Waals surface area contributed by atoms with Crippen LogP contribution in [0.15, 0.2) is 44.5 Å². The molecule has 0 radical (unpaired) electrons. The van der Waals surface area contributed by atoms with Crippen LogP contribution in [0.2, 0.25) is 10.0 Å². The largest absolute Gasteiger partial charge is 0.417 e. The Morgan fingerprint density at radius 2 is 2.00 bits per heavy atom. The van der Waals surface area contributed by atoms with Gasteiger partial charge in [-0.3, -0.25) is 9.78 Å². The summed E-state index contributed by atoms with van der Waals surface area (Å²) in [6, 6.07) is 6.62. The molecule has 5 nitrogen and oxygen atoms in total. The SMILES string of the molecule is O=c1[nH]c2c(=O)n(Cc3ccc(Cl)cc3Cl)ccc2o1. The van der Waals surface area contributed by atoms with Crippen LogP contribution in [0.1, 0.15) is 5.56 Å². The van der Waals surface area contributed by atoms with Crippen molar-refractivity contribution in [2.75, 3.05) is 0 Å². The molecule has 102 valence electrons. The predicted molar refractivity (Wildman–Crippen MR) is 76.7 cm³/mol. The summed E-state index contributed by atoms with van der Waals surface area (Å²) in [5.41, 5.74) is 0.781. The first kappa shape index (κ1) is 13.0. The Bertz CT molecular complexity index is 908. The Morgan fingerprint density at radius 1 is 1.20 bits per heavy atom. The number of halogens is 2. The molecule has 0 saturated heterocycles. The number of nitrogens with zero attached hydrogens (tertiary/aromatic N) is 1. The monoisotopic (exact) mass is 310 g/mol. The molecule has 0 bridgehead atoms. The van der Waals surface area contributed by atoms with Gasteiger partial charge in [-0.15, -0.1) is 0 Å². The molecule has 0 spiro atoms. The molecule has 0 atom stereocenters. The van der Waals surface area contributed by atoms with Crippen LogP contribution >= 0.6 is 23.2 Å². The third-order valence-corrected chi connectivity index (χ3v) is 3.50. The van der Waals surface area contributed by atoms with Crippen LogP contribution in [-0.2, 0) is 6.54 Å². The molecule has 7 heteroatoms. The standard InChI is InChI=1S/C13H8Cl2N2O3/c14-8-2-1-7(9(15)5-8)6-17-4-3-10-11(12(17)18)16-13(19)20-10/h1-5H,6H2,(H,16,19). The summed E-state index contributed by atoms with van der Waals surface area (Å²) in [5, 5.41) is 1.01. The van der Waals surface area contributed by atoms with E-state index in [9.17, 15) is 9.59 Å². The van der Waals surface area contributed by atoms with E-state index in [1.165, 1.54) is 4.57 Å². The Hall–Kier alpha value is -1.98. The lowest BCUT2D eigenvalue weighted by atomic mass is 10.2. The van der Waals surface area contributed by atoms with Gasteiger partial charge in [-0.05, 0) is 23.8 Å². The second-order valence-corrected chi connectivity index (χ2v) is 5.08. The van der Waals surface area contributed by atoms with E-state index < -0.39 is 5.76 Å². The van der Waals surface area contributed by atoms with E-state index in [1.807, 2.05) is 0 Å². The number of H-pyrrole nitrogens is 1. The van der Waals surface area contributed by atoms with Gasteiger partial charge in [0.1, 0.15) is 0 Å². The third kappa shape index (κ3) is 2.26. The number of pyridine rings is 1. The van der Waals surface area contributed by atoms with Gasteiger partial charge in [0.15, 0.2) is 11.1 Å². The molecule has 2 aromatic heterocycles. The molecule has 20 heavy (non-hydrogen) atoms. The van der Waals surface area contributed by atoms with Crippen molar-refractivity contribution >= 4 is 34.3 Å². The number of rotatable bonds is 2. The molecule has 1 N–H and O–H groups in total. The molecular formula is C13H8Cl2N2O3. The average molecular weight is 311 g/mol. The molecule has 0 unspecified atom stereocenters. The van der Waals surface area contributed by atoms with Gasteiger partial charge in [-0.1, -0.05) is 29.3 Å². The maximum Gasteiger partial charge on any atom is 0.417 e. The van der Waals surface area contributed by atoms with E-state index in [-0.39, 0.29) is 23.2 Å². The van der Waals surface area contributed by atoms with Crippen LogP contribution in [0.5, 0.6) is 0 Å². The quantitative estimate of drug-likeness (QED) is 0.791. The Morgan fingerprint density at radius 3 is 2.75 bits per heavy atom. The molecule has 0 aliphatic carbocycles. The lowest BCUT2D eigenvalue weighted by Gasteiger charge is -2.07. The number of hydrogen-bond acceptors (Lipinski definition) is 3. The number of nitrogens with one attached hydrogen (secondary N) is 1. The minimum Gasteiger partial charge on any atom is -0.408 e. The highest BCUT2D eigenvalue weighted by atomic mass is 35.5. The lowest BCUT2D eigenvalue weighted by Crippen LogP contribution is -2.20. The van der Waals surface area contributed by atoms with Crippen molar-refractivity contribution in [3.8, 4) is 0 Å². The smallest absolute Gasteiger partial charge is 0.408 e. The summed E-state index contributed by atoms with van der Waals surface area (Å²) in [6.45, 7) is 0.276. The summed E-state index contributed by atoms with van der Waals surface area (Å²) in [5.74, 6) is -0.653. The second-order valence-electron chi connectivity index (χ2n) is 4.24. The first-order valence-corrected chi connectivity index (χ1v) is 6.46. The molecule has 3 rings (SSSR count). The fourth-order valence-corrected chi connectivity index (χ4v) is 2.41. The normalized spacial score (nSPS) is 11.1. The van der Waals surface area contributed by atoms with Crippen molar-refractivity contribution in [3.05, 3.63) is 67.0 Å². The molecule has 2 heterocycles. The van der Waals surface area contributed by atoms with Crippen molar-refractivity contribution in [3.63, 3.8) is 0 Å². The minimum atomic E-state index is -0.653. The summed E-state index contributed by atoms with van der Waals surface area (Å²) in [6.07, 6.45) is 1.55. The Kier molecular flexibility index (Phi) is 3.16. The highest BCUT2D eigenvalue weighted by Crippen LogP contribution is 2.21. The highest BCUT2D eigenvalue weighted by Gasteiger charge is 2.09. The van der Waals surface area contributed by atoms with Gasteiger partial charge in [0.25, 0.3) is 5.56 Å². The van der Waals surface area contributed by atoms with E-state index in [0.29, 0.717) is 10.0 Å². The van der Waals surface area contributed by atoms with Crippen molar-refractivity contribution in [2.45, 2.75) is 6.54 Å². The van der Waals surface area contributed by atoms with Crippen molar-refractivity contribution < 1.29 is 4.42 Å². The molecule has 0 saturated carbocycles. The zero-order valence-electron chi connectivity index (χ0n) is 10.0. The summed E-state index contributed by atoms with van der Waals surface area (Å²) < 4.78 is 6.26. The number of aromatic nitrogens is 2. The fourth-order valence-electron chi connectivity index (χ4n) is 1.94. The van der Waals surface area contributed by atoms with Crippen molar-refractivity contribution in [1.29, 1.82) is 0 Å². The van der Waals surface area contributed by atoms with Crippen LogP contribution in [0.4, 0.5) is 0 Å². The highest BCUT2D eigenvalue weighted by molar-refractivity contribution is 6.35. The fraction of sp³-hybridized carbons (Fsp3) is 0.0769. The molecule has 0 aliphatic heterocycles. The van der Waals surface area contributed by atoms with Gasteiger partial charge >= 0.3 is 5.76 Å². The second kappa shape index (κ2) is 4.85. The summed E-state index contributed by atoms with van der Waals surface area (Å²) >= 11 is 11.9. The number of aromatic amines is 1. The van der Waals surface area contributed by atoms with E-state index in [2.05, 4.69) is 4.98 Å². The summed E-state index contributed by atoms with van der Waals surface area (Å²) in [7, 11) is 0. The average Bonchev–Trinajstić information content (AvgIpc) is 2.77. The van der Waals surface area contributed by atoms with Crippen LogP contribution in [0, 0.1) is 0 Å². The maximum absolute atomic E-state index is 12.2. The third-order valence-electron chi connectivity index (χ3n) is 2.91. The lowest BCUT2D eigenvalue weighted by molar-refractivity contribution is 0.555. The van der Waals surface area contributed by atoms with E-state index in [1.54, 1.807) is 30.5 Å². The first-order valence-electron chi connectivity index (χ1n) is 5.71. The molecule has 3 aromatic rings. The van der Waals surface area contributed by atoms with Gasteiger partial charge in [-0.25, -0.2) is 4.79 Å². The van der Waals surface area contributed by atoms with Gasteiger partial charge < -0.3 is 8.98 Å². The van der Waals surface area contributed by atoms with E-state index >= 15 is 0 Å². The zero-order chi connectivity index (χ0) is 14.3. The molecule has 0 amide bonds. The Labute approximate surface area is 122 Å². The molecular weight excluding hydrogens is 303 g/mol. The van der Waals surface area contributed by atoms with Crippen LogP contribution in [0.25, 0.3) is 11.1 Å². The molecule has 1 aromatic carbocycles. The number of benzene rings is 1. The molecule has 0 aliphatic rings. The number of oxazole rings is 1. The van der Waals surface area contributed by atoms with Gasteiger partial charge in [0, 0.05) is 16.2 Å². The predicted octanol–water partition coefficient (Wildman–Crippen LogP) is 2.64. The van der Waals surface area contributed by atoms with E-state index in [0.717, 1.165) is 5.56 Å². The maximum atomic E-state index is 12.2. The van der Waals surface area contributed by atoms with Crippen molar-refractivity contribution in [1.82, 2.24) is 9.55 Å². The van der Waals surface area contributed by atoms with Crippen LogP contribution in [0.3, 0.4) is 0 Å². The first-order chi connectivity index (χ1) is 9.54. The number of hydrogen-bond donors (Lipinski definition) is 1. The topological polar surface area (TPSA) is 68.0 Å². The van der Waals surface area contributed by atoms with Gasteiger partial charge in [0.2, 0.25) is 0 Å². The van der Waals surface area contributed by atoms with Gasteiger partial charge in [0.05, 0.1) is 6.54 Å². The number of fused-ring (bicyclic) bond motifs is 1. The summed E-state index contributed by atoms with van der Waals surface area (Å²) in [4.78, 5) is 25.7. The zero-order valence-corrected chi connectivity index (χ0v) is 11.5. The minimum absolute atomic E-state index is 0.141. The van der Waals surface area contributed by atoms with Gasteiger partial charge in [-0.2, -0.15) is 0 Å². The Balaban J connectivity index is 2.09. The van der Waals surface area contributed by atoms with E-state index in [4.69, 9.17) is 27.6 Å². The van der Waals surface area contributed by atoms with Crippen LogP contribution < -0.4 is 11.3 Å². The molecule has 0 fully saturated rings. The van der Waals surface area contributed by atoms with Crippen molar-refractivity contribution in [2.24, 2.45) is 0 Å².